The van der Waals surface area contributed by atoms with E-state index in [9.17, 15) is 9.18 Å². The van der Waals surface area contributed by atoms with Crippen LogP contribution in [0.4, 0.5) is 14.9 Å². The Morgan fingerprint density at radius 1 is 1.33 bits per heavy atom. The number of rotatable bonds is 1. The minimum absolute atomic E-state index is 0.123. The normalized spacial score (nSPS) is 31.3. The van der Waals surface area contributed by atoms with Crippen molar-refractivity contribution in [3.8, 4) is 0 Å². The number of halogens is 2. The van der Waals surface area contributed by atoms with E-state index < -0.39 is 43.5 Å². The highest BCUT2D eigenvalue weighted by Crippen LogP contribution is 2.28. The van der Waals surface area contributed by atoms with Crippen LogP contribution in [0.3, 0.4) is 0 Å². The van der Waals surface area contributed by atoms with Crippen LogP contribution in [0.1, 0.15) is 31.7 Å². The molecule has 6 heteroatoms. The first-order valence-electron chi connectivity index (χ1n) is 10.1. The van der Waals surface area contributed by atoms with Gasteiger partial charge in [0.2, 0.25) is 0 Å². The summed E-state index contributed by atoms with van der Waals surface area (Å²) in [4.78, 5) is 12.6. The van der Waals surface area contributed by atoms with E-state index >= 15 is 0 Å². The number of anilines is 1. The SMILES string of the molecule is [2H]C1([2H])N(C(=O)OC(C)(C)C)C([2H])([2H])C([2H])([2H])N(c2ccc(F)cc2Br)C1([2H])[2H]. The molecule has 116 valence electrons. The average molecular weight is 367 g/mol. The van der Waals surface area contributed by atoms with E-state index in [2.05, 4.69) is 15.9 Å². The number of carbonyl (C=O) groups is 1. The molecule has 1 aromatic carbocycles. The van der Waals surface area contributed by atoms with E-state index in [0.717, 1.165) is 18.2 Å². The van der Waals surface area contributed by atoms with Gasteiger partial charge in [0.15, 0.2) is 0 Å². The van der Waals surface area contributed by atoms with Crippen LogP contribution in [-0.2, 0) is 4.74 Å². The molecule has 0 radical (unpaired) electrons. The average Bonchev–Trinajstić information content (AvgIpc) is 2.45. The molecule has 0 atom stereocenters. The lowest BCUT2D eigenvalue weighted by Crippen LogP contribution is -2.50. The number of nitrogens with zero attached hydrogens (tertiary/aromatic N) is 2. The number of ether oxygens (including phenoxy) is 1. The highest BCUT2D eigenvalue weighted by Gasteiger charge is 2.26. The van der Waals surface area contributed by atoms with Crippen molar-refractivity contribution < 1.29 is 24.9 Å². The van der Waals surface area contributed by atoms with Gasteiger partial charge in [0.05, 0.1) is 16.7 Å². The van der Waals surface area contributed by atoms with Gasteiger partial charge in [-0.3, -0.25) is 0 Å². The Bertz CT molecular complexity index is 803. The van der Waals surface area contributed by atoms with Gasteiger partial charge in [-0.25, -0.2) is 9.18 Å². The van der Waals surface area contributed by atoms with Crippen molar-refractivity contribution in [2.24, 2.45) is 0 Å². The molecule has 0 aromatic heterocycles. The zero-order valence-corrected chi connectivity index (χ0v) is 13.3. The van der Waals surface area contributed by atoms with E-state index in [1.807, 2.05) is 0 Å². The van der Waals surface area contributed by atoms with Gasteiger partial charge in [-0.05, 0) is 54.9 Å². The maximum absolute atomic E-state index is 13.5. The Balaban J connectivity index is 2.74. The quantitative estimate of drug-likeness (QED) is 0.760. The van der Waals surface area contributed by atoms with Gasteiger partial charge in [-0.15, -0.1) is 0 Å². The number of hydrogen-bond acceptors (Lipinski definition) is 3. The molecular formula is C15H20BrFN2O2. The van der Waals surface area contributed by atoms with Crippen LogP contribution in [-0.4, -0.2) is 42.6 Å². The molecule has 2 rings (SSSR count). The third-order valence-corrected chi connectivity index (χ3v) is 2.91. The molecule has 0 N–H and O–H groups in total. The summed E-state index contributed by atoms with van der Waals surface area (Å²) in [6.45, 7) is -8.96. The lowest BCUT2D eigenvalue weighted by Gasteiger charge is -2.37. The van der Waals surface area contributed by atoms with Crippen LogP contribution in [0, 0.1) is 5.82 Å². The van der Waals surface area contributed by atoms with Crippen LogP contribution in [0.25, 0.3) is 0 Å². The molecule has 1 aliphatic heterocycles. The lowest BCUT2D eigenvalue weighted by molar-refractivity contribution is 0.0240. The fourth-order valence-electron chi connectivity index (χ4n) is 1.44. The number of carbonyl (C=O) groups excluding carboxylic acids is 1. The van der Waals surface area contributed by atoms with E-state index in [4.69, 9.17) is 15.7 Å². The zero-order chi connectivity index (χ0) is 22.8. The Hall–Kier alpha value is -1.30. The van der Waals surface area contributed by atoms with Gasteiger partial charge >= 0.3 is 6.09 Å². The molecule has 0 saturated carbocycles. The fraction of sp³-hybridized carbons (Fsp3) is 0.533. The highest BCUT2D eigenvalue weighted by atomic mass is 79.9. The van der Waals surface area contributed by atoms with Gasteiger partial charge in [-0.1, -0.05) is 0 Å². The minimum Gasteiger partial charge on any atom is -0.444 e. The van der Waals surface area contributed by atoms with Crippen LogP contribution >= 0.6 is 15.9 Å². The standard InChI is InChI=1S/C15H20BrFN2O2/c1-15(2,3)21-14(20)19-8-6-18(7-9-19)13-5-4-11(17)10-12(13)16/h4-5,10H,6-9H2,1-3H3/i6D2,7D2,8D2,9D2. The molecule has 0 bridgehead atoms. The van der Waals surface area contributed by atoms with Crippen LogP contribution in [0.5, 0.6) is 0 Å². The van der Waals surface area contributed by atoms with Crippen molar-refractivity contribution in [1.82, 2.24) is 4.90 Å². The summed E-state index contributed by atoms with van der Waals surface area (Å²) in [5.41, 5.74) is -1.50. The maximum Gasteiger partial charge on any atom is 0.410 e. The molecule has 0 aliphatic carbocycles. The fourth-order valence-corrected chi connectivity index (χ4v) is 1.97. The van der Waals surface area contributed by atoms with Gasteiger partial charge < -0.3 is 14.5 Å². The van der Waals surface area contributed by atoms with Crippen LogP contribution < -0.4 is 4.90 Å². The Labute approximate surface area is 144 Å². The Morgan fingerprint density at radius 3 is 2.48 bits per heavy atom. The van der Waals surface area contributed by atoms with Crippen LogP contribution in [0.2, 0.25) is 0 Å². The maximum atomic E-state index is 13.5. The minimum atomic E-state index is -3.38. The van der Waals surface area contributed by atoms with Gasteiger partial charge in [0.1, 0.15) is 11.4 Å². The summed E-state index contributed by atoms with van der Waals surface area (Å²) in [5, 5.41) is 0. The third kappa shape index (κ3) is 4.33. The molecule has 1 fully saturated rings. The lowest BCUT2D eigenvalue weighted by atomic mass is 10.2. The molecule has 0 spiro atoms. The number of hydrogen-bond donors (Lipinski definition) is 0. The summed E-state index contributed by atoms with van der Waals surface area (Å²) < 4.78 is 84.5. The van der Waals surface area contributed by atoms with Crippen molar-refractivity contribution in [3.05, 3.63) is 28.5 Å². The molecule has 1 aliphatic rings. The van der Waals surface area contributed by atoms with Crippen molar-refractivity contribution in [3.63, 3.8) is 0 Å². The molecule has 0 unspecified atom stereocenters. The summed E-state index contributed by atoms with van der Waals surface area (Å²) in [6.07, 6.45) is -1.56. The van der Waals surface area contributed by atoms with Gasteiger partial charge in [0.25, 0.3) is 0 Å². The molecule has 1 saturated heterocycles. The molecule has 1 amide bonds. The topological polar surface area (TPSA) is 32.8 Å². The zero-order valence-electron chi connectivity index (χ0n) is 19.7. The molecule has 1 aromatic rings. The van der Waals surface area contributed by atoms with E-state index in [0.29, 0.717) is 0 Å². The highest BCUT2D eigenvalue weighted by molar-refractivity contribution is 9.10. The van der Waals surface area contributed by atoms with E-state index in [-0.39, 0.29) is 20.0 Å². The van der Waals surface area contributed by atoms with Crippen molar-refractivity contribution >= 4 is 27.7 Å². The van der Waals surface area contributed by atoms with Gasteiger partial charge in [-0.2, -0.15) is 0 Å². The van der Waals surface area contributed by atoms with Crippen molar-refractivity contribution in [1.29, 1.82) is 0 Å². The smallest absolute Gasteiger partial charge is 0.410 e. The Morgan fingerprint density at radius 2 is 1.95 bits per heavy atom. The monoisotopic (exact) mass is 366 g/mol. The summed E-state index contributed by atoms with van der Waals surface area (Å²) in [5.74, 6) is -0.722. The second kappa shape index (κ2) is 6.22. The third-order valence-electron chi connectivity index (χ3n) is 2.27. The second-order valence-corrected chi connectivity index (χ2v) is 6.05. The first-order valence-corrected chi connectivity index (χ1v) is 6.86. The second-order valence-electron chi connectivity index (χ2n) is 5.19. The molecule has 4 nitrogen and oxygen atoms in total. The predicted octanol–water partition coefficient (Wildman–Crippen LogP) is 3.65. The predicted molar refractivity (Wildman–Crippen MR) is 84.1 cm³/mol. The van der Waals surface area contributed by atoms with Gasteiger partial charge in [0, 0.05) is 30.5 Å². The van der Waals surface area contributed by atoms with Crippen molar-refractivity contribution in [2.45, 2.75) is 26.4 Å². The number of amides is 1. The summed E-state index contributed by atoms with van der Waals surface area (Å²) in [7, 11) is 0. The number of benzene rings is 1. The molecular weight excluding hydrogens is 339 g/mol. The molecule has 1 heterocycles. The van der Waals surface area contributed by atoms with E-state index in [1.165, 1.54) is 20.8 Å². The van der Waals surface area contributed by atoms with E-state index in [1.54, 1.807) is 0 Å². The van der Waals surface area contributed by atoms with Crippen LogP contribution in [0.15, 0.2) is 22.7 Å². The number of piperazine rings is 1. The van der Waals surface area contributed by atoms with Crippen molar-refractivity contribution in [2.75, 3.05) is 30.9 Å². The first kappa shape index (κ1) is 8.36. The molecule has 21 heavy (non-hydrogen) atoms. The summed E-state index contributed by atoms with van der Waals surface area (Å²) in [6, 6.07) is 2.80. The first-order chi connectivity index (χ1) is 12.8. The summed E-state index contributed by atoms with van der Waals surface area (Å²) >= 11 is 2.98. The largest absolute Gasteiger partial charge is 0.444 e. The Kier molecular flexibility index (Phi) is 2.48.